The number of nitrogen functional groups attached to an aromatic ring is 1. The van der Waals surface area contributed by atoms with Gasteiger partial charge in [-0.1, -0.05) is 18.2 Å². The van der Waals surface area contributed by atoms with Crippen LogP contribution < -0.4 is 25.4 Å². The average molecular weight is 644 g/mol. The Morgan fingerprint density at radius 1 is 1.06 bits per heavy atom. The molecular weight excluding hydrogens is 607 g/mol. The highest BCUT2D eigenvalue weighted by atomic mass is 19.1. The van der Waals surface area contributed by atoms with Gasteiger partial charge in [0.1, 0.15) is 36.5 Å². The van der Waals surface area contributed by atoms with E-state index >= 15 is 8.78 Å². The first kappa shape index (κ1) is 28.1. The molecule has 1 aliphatic carbocycles. The molecule has 10 rings (SSSR count). The van der Waals surface area contributed by atoms with Crippen LogP contribution >= 0.6 is 0 Å². The normalized spacial score (nSPS) is 29.6. The molecule has 5 fully saturated rings. The van der Waals surface area contributed by atoms with E-state index in [1.54, 1.807) is 6.07 Å². The van der Waals surface area contributed by atoms with Crippen molar-refractivity contribution >= 4 is 33.3 Å². The van der Waals surface area contributed by atoms with Gasteiger partial charge in [-0.3, -0.25) is 4.90 Å². The Hall–Kier alpha value is -3.90. The molecule has 2 bridgehead atoms. The molecule has 4 aromatic rings. The highest BCUT2D eigenvalue weighted by Crippen LogP contribution is 2.50. The van der Waals surface area contributed by atoms with E-state index in [2.05, 4.69) is 25.1 Å². The summed E-state index contributed by atoms with van der Waals surface area (Å²) in [7, 11) is 0. The van der Waals surface area contributed by atoms with Gasteiger partial charge in [0.2, 0.25) is 0 Å². The summed E-state index contributed by atoms with van der Waals surface area (Å²) in [6.07, 6.45) is 5.22. The summed E-state index contributed by atoms with van der Waals surface area (Å²) in [5.41, 5.74) is 6.57. The monoisotopic (exact) mass is 643 g/mol. The summed E-state index contributed by atoms with van der Waals surface area (Å²) >= 11 is 0. The molecule has 7 heterocycles. The van der Waals surface area contributed by atoms with Gasteiger partial charge in [0.25, 0.3) is 0 Å². The minimum absolute atomic E-state index is 0.00552. The highest BCUT2D eigenvalue weighted by molar-refractivity contribution is 6.04. The van der Waals surface area contributed by atoms with E-state index in [9.17, 15) is 4.39 Å². The van der Waals surface area contributed by atoms with Crippen LogP contribution in [-0.2, 0) is 0 Å². The van der Waals surface area contributed by atoms with Crippen LogP contribution in [-0.4, -0.2) is 82.5 Å². The predicted molar refractivity (Wildman–Crippen MR) is 172 cm³/mol. The maximum Gasteiger partial charge on any atom is 0.319 e. The first-order valence-corrected chi connectivity index (χ1v) is 17.0. The molecule has 244 valence electrons. The fraction of sp³-hybridized carbons (Fsp3) is 0.514. The number of alkyl halides is 1. The van der Waals surface area contributed by atoms with Gasteiger partial charge in [0.05, 0.1) is 28.2 Å². The van der Waals surface area contributed by atoms with E-state index in [0.29, 0.717) is 36.6 Å². The zero-order valence-corrected chi connectivity index (χ0v) is 25.9. The fourth-order valence-corrected chi connectivity index (χ4v) is 9.28. The number of benzene rings is 2. The molecule has 4 saturated heterocycles. The first-order chi connectivity index (χ1) is 22.9. The van der Waals surface area contributed by atoms with E-state index in [1.807, 2.05) is 18.2 Å². The van der Waals surface area contributed by atoms with Crippen LogP contribution in [0.3, 0.4) is 0 Å². The standard InChI is InChI=1S/C35H36F3N7O2/c36-19-12-35(9-2-10-44(35)13-19)16-47-34-42-31-27-32(46-15-23-22-8-7-20(40-22)14-45(23)33(27)43-34)29(38)26(28(31)37)30-25-18(11-24(39)41-30)3-1-4-21(25)17-5-6-17/h1,3-4,11,17,19-20,22-23,40H,2,5-10,12-16H2,(H2,39,41)/t19-,20?,22?,23?,35+/m1/s1. The van der Waals surface area contributed by atoms with E-state index < -0.39 is 23.3 Å². The summed E-state index contributed by atoms with van der Waals surface area (Å²) in [6, 6.07) is 7.81. The number of pyridine rings is 1. The van der Waals surface area contributed by atoms with Crippen molar-refractivity contribution in [1.82, 2.24) is 25.2 Å². The number of ether oxygens (including phenoxy) is 2. The molecule has 9 nitrogen and oxygen atoms in total. The molecule has 2 aromatic carbocycles. The smallest absolute Gasteiger partial charge is 0.319 e. The Morgan fingerprint density at radius 3 is 2.83 bits per heavy atom. The number of nitrogens with one attached hydrogen (secondary N) is 1. The molecule has 3 N–H and O–H groups in total. The number of nitrogens with two attached hydrogens (primary N) is 1. The van der Waals surface area contributed by atoms with Crippen LogP contribution in [0.5, 0.6) is 11.8 Å². The molecule has 47 heavy (non-hydrogen) atoms. The Labute approximate surface area is 269 Å². The van der Waals surface area contributed by atoms with Crippen molar-refractivity contribution in [3.8, 4) is 23.0 Å². The number of aromatic nitrogens is 3. The number of hydrogen-bond donors (Lipinski definition) is 2. The van der Waals surface area contributed by atoms with E-state index in [0.717, 1.165) is 56.0 Å². The van der Waals surface area contributed by atoms with Crippen LogP contribution in [0, 0.1) is 11.6 Å². The molecule has 12 heteroatoms. The minimum atomic E-state index is -0.915. The Morgan fingerprint density at radius 2 is 1.96 bits per heavy atom. The second-order valence-electron chi connectivity index (χ2n) is 14.4. The summed E-state index contributed by atoms with van der Waals surface area (Å²) in [6.45, 7) is 2.22. The van der Waals surface area contributed by atoms with Crippen molar-refractivity contribution in [2.45, 2.75) is 80.7 Å². The topological polar surface area (TPSA) is 102 Å². The molecule has 3 unspecified atom stereocenters. The molecular formula is C35H36F3N7O2. The average Bonchev–Trinajstić information content (AvgIpc) is 3.67. The van der Waals surface area contributed by atoms with Gasteiger partial charge in [0.15, 0.2) is 17.4 Å². The molecule has 6 aliphatic rings. The third-order valence-corrected chi connectivity index (χ3v) is 11.6. The Kier molecular flexibility index (Phi) is 6.02. The van der Waals surface area contributed by atoms with Crippen LogP contribution in [0.25, 0.3) is 32.9 Å². The Bertz CT molecular complexity index is 1970. The summed E-state index contributed by atoms with van der Waals surface area (Å²) < 4.78 is 61.5. The van der Waals surface area contributed by atoms with Crippen LogP contribution in [0.1, 0.15) is 56.4 Å². The second-order valence-corrected chi connectivity index (χ2v) is 14.4. The lowest BCUT2D eigenvalue weighted by molar-refractivity contribution is 0.107. The van der Waals surface area contributed by atoms with Crippen molar-refractivity contribution in [3.05, 3.63) is 41.5 Å². The maximum atomic E-state index is 17.2. The van der Waals surface area contributed by atoms with Gasteiger partial charge in [0, 0.05) is 37.0 Å². The number of anilines is 2. The lowest BCUT2D eigenvalue weighted by Gasteiger charge is -2.40. The van der Waals surface area contributed by atoms with E-state index in [-0.39, 0.29) is 71.1 Å². The molecule has 5 atom stereocenters. The van der Waals surface area contributed by atoms with E-state index in [4.69, 9.17) is 20.2 Å². The number of fused-ring (bicyclic) bond motifs is 7. The van der Waals surface area contributed by atoms with Crippen molar-refractivity contribution in [1.29, 1.82) is 0 Å². The maximum absolute atomic E-state index is 17.2. The van der Waals surface area contributed by atoms with Crippen molar-refractivity contribution in [3.63, 3.8) is 0 Å². The molecule has 0 radical (unpaired) electrons. The predicted octanol–water partition coefficient (Wildman–Crippen LogP) is 5.24. The zero-order chi connectivity index (χ0) is 31.6. The number of halogens is 3. The third-order valence-electron chi connectivity index (χ3n) is 11.6. The number of rotatable bonds is 5. The summed E-state index contributed by atoms with van der Waals surface area (Å²) in [4.78, 5) is 18.3. The molecule has 1 saturated carbocycles. The third kappa shape index (κ3) is 4.19. The van der Waals surface area contributed by atoms with Gasteiger partial charge in [-0.05, 0) is 68.0 Å². The molecule has 2 aromatic heterocycles. The SMILES string of the molecule is Nc1cc2cccc(C3CC3)c2c(-c2c(F)c3c4c(nc(OC[C@@]56CCCN5C[C@H](F)C6)nc4c2F)N2CC4CCC(N4)C2CO3)n1. The number of piperazine rings is 1. The lowest BCUT2D eigenvalue weighted by atomic mass is 9.95. The summed E-state index contributed by atoms with van der Waals surface area (Å²) in [5, 5.41) is 5.32. The largest absolute Gasteiger partial charge is 0.487 e. The first-order valence-electron chi connectivity index (χ1n) is 17.0. The van der Waals surface area contributed by atoms with Gasteiger partial charge in [-0.25, -0.2) is 18.2 Å². The van der Waals surface area contributed by atoms with Crippen LogP contribution in [0.15, 0.2) is 24.3 Å². The van der Waals surface area contributed by atoms with Gasteiger partial charge in [-0.15, -0.1) is 0 Å². The number of nitrogens with zero attached hydrogens (tertiary/aromatic N) is 5. The van der Waals surface area contributed by atoms with E-state index in [1.165, 1.54) is 0 Å². The quantitative estimate of drug-likeness (QED) is 0.303. The van der Waals surface area contributed by atoms with Gasteiger partial charge < -0.3 is 25.4 Å². The Balaban J connectivity index is 1.19. The second kappa shape index (κ2) is 10.1. The molecule has 0 spiro atoms. The zero-order valence-electron chi connectivity index (χ0n) is 25.9. The van der Waals surface area contributed by atoms with Crippen molar-refractivity contribution < 1.29 is 22.6 Å². The lowest BCUT2D eigenvalue weighted by Crippen LogP contribution is -2.60. The van der Waals surface area contributed by atoms with Crippen LogP contribution in [0.2, 0.25) is 0 Å². The van der Waals surface area contributed by atoms with Crippen molar-refractivity contribution in [2.75, 3.05) is 43.5 Å². The fourth-order valence-electron chi connectivity index (χ4n) is 9.28. The molecule has 0 amide bonds. The van der Waals surface area contributed by atoms with Gasteiger partial charge >= 0.3 is 6.01 Å². The van der Waals surface area contributed by atoms with Gasteiger partial charge in [-0.2, -0.15) is 9.97 Å². The molecule has 5 aliphatic heterocycles. The summed E-state index contributed by atoms with van der Waals surface area (Å²) in [5.74, 6) is -0.900. The van der Waals surface area contributed by atoms with Crippen LogP contribution in [0.4, 0.5) is 24.8 Å². The number of hydrogen-bond acceptors (Lipinski definition) is 9. The van der Waals surface area contributed by atoms with Crippen molar-refractivity contribution in [2.24, 2.45) is 0 Å². The highest BCUT2D eigenvalue weighted by Gasteiger charge is 2.50. The minimum Gasteiger partial charge on any atom is -0.487 e.